The summed E-state index contributed by atoms with van der Waals surface area (Å²) >= 11 is 0. The van der Waals surface area contributed by atoms with Crippen molar-refractivity contribution < 1.29 is 31.1 Å². The summed E-state index contributed by atoms with van der Waals surface area (Å²) in [6.45, 7) is 3.66. The van der Waals surface area contributed by atoms with E-state index in [1.54, 1.807) is 6.08 Å². The van der Waals surface area contributed by atoms with Gasteiger partial charge in [-0.05, 0) is 86.3 Å². The van der Waals surface area contributed by atoms with Crippen molar-refractivity contribution in [1.82, 2.24) is 0 Å². The van der Waals surface area contributed by atoms with E-state index in [4.69, 9.17) is 0 Å². The average molecular weight is 483 g/mol. The molecule has 0 heterocycles. The van der Waals surface area contributed by atoms with Gasteiger partial charge in [-0.1, -0.05) is 24.8 Å². The highest BCUT2D eigenvalue weighted by molar-refractivity contribution is 5.48. The van der Waals surface area contributed by atoms with Gasteiger partial charge in [-0.3, -0.25) is 0 Å². The first-order chi connectivity index (χ1) is 16.2. The van der Waals surface area contributed by atoms with E-state index >= 15 is 0 Å². The molecule has 0 atom stereocenters. The SMILES string of the molecule is C=Cc1ccc(C2CCC(C3CCC(C(F)(F)Oc4cc(F)c(F)c(F)c4)CC3)CC2)c(F)c1. The first kappa shape index (κ1) is 24.7. The maximum Gasteiger partial charge on any atom is 0.400 e. The fraction of sp³-hybridized carbons (Fsp3) is 0.481. The van der Waals surface area contributed by atoms with Crippen LogP contribution in [0, 0.1) is 41.0 Å². The van der Waals surface area contributed by atoms with Gasteiger partial charge in [0.05, 0.1) is 5.92 Å². The normalized spacial score (nSPS) is 25.7. The molecule has 0 spiro atoms. The van der Waals surface area contributed by atoms with Crippen molar-refractivity contribution in [2.75, 3.05) is 0 Å². The Hall–Kier alpha value is -2.44. The first-order valence-corrected chi connectivity index (χ1v) is 11.8. The van der Waals surface area contributed by atoms with Crippen molar-refractivity contribution >= 4 is 6.08 Å². The summed E-state index contributed by atoms with van der Waals surface area (Å²) in [4.78, 5) is 0. The lowest BCUT2D eigenvalue weighted by atomic mass is 9.68. The topological polar surface area (TPSA) is 9.23 Å². The third-order valence-corrected chi connectivity index (χ3v) is 7.60. The minimum atomic E-state index is -3.60. The number of rotatable bonds is 6. The van der Waals surface area contributed by atoms with Crippen LogP contribution >= 0.6 is 0 Å². The molecule has 2 saturated carbocycles. The van der Waals surface area contributed by atoms with Crippen LogP contribution in [0.15, 0.2) is 36.9 Å². The standard InChI is InChI=1S/C27H28F6O/c1-2-16-3-12-22(23(28)13-16)19-6-4-17(5-7-19)18-8-10-20(11-9-18)27(32,33)34-21-14-24(29)26(31)25(30)15-21/h2-3,12-15,17-20H,1,4-11H2. The lowest BCUT2D eigenvalue weighted by Gasteiger charge is -2.39. The average Bonchev–Trinajstić information content (AvgIpc) is 2.82. The second-order valence-corrected chi connectivity index (χ2v) is 9.57. The molecular weight excluding hydrogens is 454 g/mol. The zero-order valence-corrected chi connectivity index (χ0v) is 18.8. The van der Waals surface area contributed by atoms with Gasteiger partial charge in [0.25, 0.3) is 0 Å². The third-order valence-electron chi connectivity index (χ3n) is 7.60. The summed E-state index contributed by atoms with van der Waals surface area (Å²) in [6.07, 6.45) is 3.34. The van der Waals surface area contributed by atoms with Crippen LogP contribution in [0.2, 0.25) is 0 Å². The molecule has 2 aliphatic carbocycles. The predicted octanol–water partition coefficient (Wildman–Crippen LogP) is 8.64. The molecule has 7 heteroatoms. The van der Waals surface area contributed by atoms with Gasteiger partial charge < -0.3 is 4.74 Å². The molecule has 0 amide bonds. The fourth-order valence-corrected chi connectivity index (χ4v) is 5.66. The third kappa shape index (κ3) is 5.28. The molecule has 2 fully saturated rings. The van der Waals surface area contributed by atoms with Crippen LogP contribution in [0.3, 0.4) is 0 Å². The second kappa shape index (κ2) is 10.0. The van der Waals surface area contributed by atoms with Crippen molar-refractivity contribution in [3.63, 3.8) is 0 Å². The zero-order chi connectivity index (χ0) is 24.5. The second-order valence-electron chi connectivity index (χ2n) is 9.57. The minimum Gasteiger partial charge on any atom is -0.432 e. The highest BCUT2D eigenvalue weighted by Crippen LogP contribution is 2.47. The van der Waals surface area contributed by atoms with E-state index in [1.165, 1.54) is 6.07 Å². The Balaban J connectivity index is 1.30. The van der Waals surface area contributed by atoms with Crippen molar-refractivity contribution in [3.05, 3.63) is 71.3 Å². The lowest BCUT2D eigenvalue weighted by molar-refractivity contribution is -0.224. The van der Waals surface area contributed by atoms with E-state index in [9.17, 15) is 26.3 Å². The van der Waals surface area contributed by atoms with Gasteiger partial charge in [-0.15, -0.1) is 0 Å². The van der Waals surface area contributed by atoms with Crippen molar-refractivity contribution in [2.24, 2.45) is 17.8 Å². The van der Waals surface area contributed by atoms with Crippen LogP contribution in [0.1, 0.15) is 68.4 Å². The van der Waals surface area contributed by atoms with E-state index in [-0.39, 0.29) is 24.6 Å². The van der Waals surface area contributed by atoms with Gasteiger partial charge in [-0.2, -0.15) is 8.78 Å². The van der Waals surface area contributed by atoms with Crippen molar-refractivity contribution in [2.45, 2.75) is 63.4 Å². The van der Waals surface area contributed by atoms with Crippen LogP contribution in [0.4, 0.5) is 26.3 Å². The molecule has 1 nitrogen and oxygen atoms in total. The number of halogens is 6. The van der Waals surface area contributed by atoms with Gasteiger partial charge in [0, 0.05) is 12.1 Å². The smallest absolute Gasteiger partial charge is 0.400 e. The zero-order valence-electron chi connectivity index (χ0n) is 18.8. The Morgan fingerprint density at radius 2 is 1.32 bits per heavy atom. The molecule has 0 unspecified atom stereocenters. The molecule has 0 saturated heterocycles. The lowest BCUT2D eigenvalue weighted by Crippen LogP contribution is -2.38. The largest absolute Gasteiger partial charge is 0.432 e. The monoisotopic (exact) mass is 482 g/mol. The Morgan fingerprint density at radius 1 is 0.765 bits per heavy atom. The summed E-state index contributed by atoms with van der Waals surface area (Å²) < 4.78 is 88.1. The van der Waals surface area contributed by atoms with Gasteiger partial charge in [0.2, 0.25) is 0 Å². The molecule has 34 heavy (non-hydrogen) atoms. The molecule has 0 bridgehead atoms. The van der Waals surface area contributed by atoms with Crippen LogP contribution < -0.4 is 4.74 Å². The van der Waals surface area contributed by atoms with Gasteiger partial charge in [-0.25, -0.2) is 17.6 Å². The molecule has 0 N–H and O–H groups in total. The van der Waals surface area contributed by atoms with Crippen LogP contribution in [0.25, 0.3) is 6.08 Å². The van der Waals surface area contributed by atoms with Crippen LogP contribution in [0.5, 0.6) is 5.75 Å². The number of hydrogen-bond acceptors (Lipinski definition) is 1. The fourth-order valence-electron chi connectivity index (χ4n) is 5.66. The molecule has 2 aromatic carbocycles. The predicted molar refractivity (Wildman–Crippen MR) is 119 cm³/mol. The van der Waals surface area contributed by atoms with E-state index < -0.39 is 35.2 Å². The maximum atomic E-state index is 14.7. The molecule has 0 aromatic heterocycles. The number of ether oxygens (including phenoxy) is 1. The van der Waals surface area contributed by atoms with Crippen LogP contribution in [-0.4, -0.2) is 6.11 Å². The number of hydrogen-bond donors (Lipinski definition) is 0. The Kier molecular flexibility index (Phi) is 7.29. The Bertz CT molecular complexity index is 997. The number of benzene rings is 2. The molecule has 2 aliphatic rings. The van der Waals surface area contributed by atoms with E-state index in [0.29, 0.717) is 36.8 Å². The van der Waals surface area contributed by atoms with E-state index in [0.717, 1.165) is 36.8 Å². The maximum absolute atomic E-state index is 14.7. The quantitative estimate of drug-likeness (QED) is 0.296. The Morgan fingerprint density at radius 3 is 1.85 bits per heavy atom. The van der Waals surface area contributed by atoms with Gasteiger partial charge in [0.1, 0.15) is 11.6 Å². The van der Waals surface area contributed by atoms with Crippen LogP contribution in [-0.2, 0) is 0 Å². The highest BCUT2D eigenvalue weighted by atomic mass is 19.3. The summed E-state index contributed by atoms with van der Waals surface area (Å²) in [5.41, 5.74) is 1.49. The summed E-state index contributed by atoms with van der Waals surface area (Å²) in [6, 6.07) is 6.08. The summed E-state index contributed by atoms with van der Waals surface area (Å²) in [7, 11) is 0. The van der Waals surface area contributed by atoms with Gasteiger partial charge >= 0.3 is 6.11 Å². The number of alkyl halides is 2. The highest BCUT2D eigenvalue weighted by Gasteiger charge is 2.45. The molecule has 184 valence electrons. The van der Waals surface area contributed by atoms with Crippen molar-refractivity contribution in [3.8, 4) is 5.75 Å². The molecule has 4 rings (SSSR count). The molecule has 0 radical (unpaired) electrons. The van der Waals surface area contributed by atoms with E-state index in [1.807, 2.05) is 12.1 Å². The summed E-state index contributed by atoms with van der Waals surface area (Å²) in [5.74, 6) is -5.95. The van der Waals surface area contributed by atoms with Gasteiger partial charge in [0.15, 0.2) is 17.5 Å². The van der Waals surface area contributed by atoms with Crippen molar-refractivity contribution in [1.29, 1.82) is 0 Å². The van der Waals surface area contributed by atoms with E-state index in [2.05, 4.69) is 11.3 Å². The molecule has 2 aromatic rings. The molecular formula is C27H28F6O. The first-order valence-electron chi connectivity index (χ1n) is 11.8. The summed E-state index contributed by atoms with van der Waals surface area (Å²) in [5, 5.41) is 0. The Labute approximate surface area is 195 Å². The minimum absolute atomic E-state index is 0.167. The molecule has 0 aliphatic heterocycles.